The Morgan fingerprint density at radius 3 is 1.49 bits per heavy atom. The molecule has 0 radical (unpaired) electrons. The normalized spacial score (nSPS) is 21.1. The molecule has 2 aliphatic heterocycles. The van der Waals surface area contributed by atoms with Gasteiger partial charge in [0.25, 0.3) is 11.4 Å². The van der Waals surface area contributed by atoms with Crippen molar-refractivity contribution >= 4 is 59.0 Å². The van der Waals surface area contributed by atoms with Crippen LogP contribution in [0.15, 0.2) is 58.3 Å². The van der Waals surface area contributed by atoms with Crippen molar-refractivity contribution in [1.29, 1.82) is 0 Å². The number of likely N-dealkylation sites (tertiary alicyclic amines) is 2. The lowest BCUT2D eigenvalue weighted by atomic mass is 9.94. The lowest BCUT2D eigenvalue weighted by Crippen LogP contribution is -2.48. The molecule has 260 valence electrons. The van der Waals surface area contributed by atoms with E-state index in [9.17, 15) is 49.6 Å². The van der Waals surface area contributed by atoms with Gasteiger partial charge in [-0.1, -0.05) is 23.9 Å². The van der Waals surface area contributed by atoms with Crippen LogP contribution in [0.5, 0.6) is 0 Å². The zero-order valence-electron chi connectivity index (χ0n) is 26.5. The van der Waals surface area contributed by atoms with Crippen molar-refractivity contribution in [3.8, 4) is 0 Å². The monoisotopic (exact) mass is 698 g/mol. The van der Waals surface area contributed by atoms with Gasteiger partial charge >= 0.3 is 11.9 Å². The molecule has 49 heavy (non-hydrogen) atoms. The van der Waals surface area contributed by atoms with Crippen LogP contribution in [0.3, 0.4) is 0 Å². The molecule has 2 saturated heterocycles. The van der Waals surface area contributed by atoms with Crippen LogP contribution in [0.1, 0.15) is 24.0 Å². The van der Waals surface area contributed by atoms with Gasteiger partial charge in [-0.15, -0.1) is 0 Å². The predicted molar refractivity (Wildman–Crippen MR) is 174 cm³/mol. The summed E-state index contributed by atoms with van der Waals surface area (Å²) < 4.78 is 9.39. The smallest absolute Gasteiger partial charge is 0.313 e. The zero-order chi connectivity index (χ0) is 35.8. The number of amides is 2. The van der Waals surface area contributed by atoms with E-state index in [1.165, 1.54) is 84.7 Å². The molecule has 4 unspecified atom stereocenters. The first-order valence-corrected chi connectivity index (χ1v) is 15.8. The Labute approximate surface area is 284 Å². The maximum absolute atomic E-state index is 12.8. The van der Waals surface area contributed by atoms with Crippen molar-refractivity contribution in [1.82, 2.24) is 9.80 Å². The van der Waals surface area contributed by atoms with Crippen molar-refractivity contribution < 1.29 is 48.7 Å². The summed E-state index contributed by atoms with van der Waals surface area (Å²) >= 11 is 0.803. The van der Waals surface area contributed by atoms with Crippen molar-refractivity contribution in [3.63, 3.8) is 0 Å². The largest absolute Gasteiger partial charge is 0.469 e. The van der Waals surface area contributed by atoms with Crippen LogP contribution < -0.4 is 0 Å². The Kier molecular flexibility index (Phi) is 12.2. The summed E-state index contributed by atoms with van der Waals surface area (Å²) in [7, 11) is 2.38. The number of carbonyl (C=O) groups is 4. The molecule has 2 aliphatic rings. The number of carbonyl (C=O) groups excluding carboxylic acids is 4. The van der Waals surface area contributed by atoms with E-state index in [2.05, 4.69) is 0 Å². The standard InChI is InChI=1S/C32H34N4O12S/c1-47-31(41)21-17-33(13-11-25(21)37)29(39)9-5-19-3-7-27(23(15-19)35(43)44)49-28-8-4-20(16-24(28)36(45)46)6-10-30(40)34-14-12-26(38)22(18-34)32(42)48-2/h3-10,15-16,21-22,25-26,37-38H,11-14,17-18H2,1-2H3/b9-5+,10-6+. The first-order chi connectivity index (χ1) is 23.3. The van der Waals surface area contributed by atoms with Gasteiger partial charge < -0.3 is 29.5 Å². The summed E-state index contributed by atoms with van der Waals surface area (Å²) in [5.74, 6) is -3.97. The molecule has 0 saturated carbocycles. The highest BCUT2D eigenvalue weighted by Crippen LogP contribution is 2.40. The van der Waals surface area contributed by atoms with Gasteiger partial charge in [-0.05, 0) is 48.3 Å². The van der Waals surface area contributed by atoms with Crippen molar-refractivity contribution in [2.75, 3.05) is 40.4 Å². The molecule has 0 aromatic heterocycles. The Hall–Kier alpha value is -5.13. The summed E-state index contributed by atoms with van der Waals surface area (Å²) in [6.45, 7) is 0.324. The second-order valence-corrected chi connectivity index (χ2v) is 12.4. The average Bonchev–Trinajstić information content (AvgIpc) is 3.09. The number of nitrogens with zero attached hydrogens (tertiary/aromatic N) is 4. The molecule has 2 aromatic rings. The fourth-order valence-electron chi connectivity index (χ4n) is 5.44. The number of esters is 2. The SMILES string of the molecule is COC(=O)C1CN(C(=O)/C=C/c2ccc(Sc3ccc(/C=C/C(=O)N4CCC(O)C(C(=O)OC)C4)cc3[N+](=O)[O-])c([N+](=O)[O-])c2)CCC1O. The number of ether oxygens (including phenoxy) is 2. The number of aliphatic hydroxyl groups excluding tert-OH is 2. The lowest BCUT2D eigenvalue weighted by Gasteiger charge is -2.34. The molecule has 4 atom stereocenters. The van der Waals surface area contributed by atoms with E-state index in [1.54, 1.807) is 0 Å². The van der Waals surface area contributed by atoms with Gasteiger partial charge in [0, 0.05) is 50.5 Å². The van der Waals surface area contributed by atoms with E-state index in [0.717, 1.165) is 11.8 Å². The molecule has 2 N–H and O–H groups in total. The number of hydrogen-bond acceptors (Lipinski definition) is 13. The van der Waals surface area contributed by atoms with Crippen LogP contribution in [-0.4, -0.2) is 106 Å². The molecule has 2 fully saturated rings. The predicted octanol–water partition coefficient (Wildman–Crippen LogP) is 2.45. The number of piperidine rings is 2. The Balaban J connectivity index is 1.47. The zero-order valence-corrected chi connectivity index (χ0v) is 27.3. The summed E-state index contributed by atoms with van der Waals surface area (Å²) in [6, 6.07) is 8.28. The Morgan fingerprint density at radius 1 is 0.755 bits per heavy atom. The van der Waals surface area contributed by atoms with Crippen LogP contribution in [0.4, 0.5) is 11.4 Å². The maximum Gasteiger partial charge on any atom is 0.313 e. The first-order valence-electron chi connectivity index (χ1n) is 15.0. The third kappa shape index (κ3) is 9.07. The summed E-state index contributed by atoms with van der Waals surface area (Å²) in [5, 5.41) is 44.1. The summed E-state index contributed by atoms with van der Waals surface area (Å²) in [4.78, 5) is 75.0. The van der Waals surface area contributed by atoms with Gasteiger partial charge in [-0.3, -0.25) is 39.4 Å². The van der Waals surface area contributed by atoms with Gasteiger partial charge in [0.2, 0.25) is 11.8 Å². The van der Waals surface area contributed by atoms with Crippen LogP contribution in [0.2, 0.25) is 0 Å². The summed E-state index contributed by atoms with van der Waals surface area (Å²) in [5.41, 5.74) is -0.0853. The molecule has 0 aliphatic carbocycles. The second kappa shape index (κ2) is 16.3. The summed E-state index contributed by atoms with van der Waals surface area (Å²) in [6.07, 6.45) is 3.63. The minimum Gasteiger partial charge on any atom is -0.469 e. The van der Waals surface area contributed by atoms with E-state index in [4.69, 9.17) is 9.47 Å². The highest BCUT2D eigenvalue weighted by Gasteiger charge is 2.36. The number of aliphatic hydroxyl groups is 2. The number of methoxy groups -OCH3 is 2. The Bertz CT molecular complexity index is 1570. The average molecular weight is 699 g/mol. The first kappa shape index (κ1) is 36.7. The molecular formula is C32H34N4O12S. The number of benzene rings is 2. The highest BCUT2D eigenvalue weighted by molar-refractivity contribution is 7.99. The quantitative estimate of drug-likeness (QED) is 0.158. The molecule has 0 bridgehead atoms. The minimum atomic E-state index is -0.939. The van der Waals surface area contributed by atoms with Gasteiger partial charge in [0.05, 0.1) is 46.1 Å². The fourth-order valence-corrected chi connectivity index (χ4v) is 6.43. The van der Waals surface area contributed by atoms with E-state index in [1.807, 2.05) is 0 Å². The molecule has 4 rings (SSSR count). The molecule has 2 heterocycles. The van der Waals surface area contributed by atoms with E-state index >= 15 is 0 Å². The van der Waals surface area contributed by atoms with Crippen molar-refractivity contribution in [3.05, 3.63) is 79.9 Å². The lowest BCUT2D eigenvalue weighted by molar-refractivity contribution is -0.388. The maximum atomic E-state index is 12.8. The third-order valence-corrected chi connectivity index (χ3v) is 9.33. The fraction of sp³-hybridized carbons (Fsp3) is 0.375. The number of nitro groups is 2. The van der Waals surface area contributed by atoms with Gasteiger partial charge in [0.15, 0.2) is 0 Å². The topological polar surface area (TPSA) is 220 Å². The third-order valence-electron chi connectivity index (χ3n) is 8.20. The number of nitro benzene ring substituents is 2. The minimum absolute atomic E-state index is 0.0443. The molecule has 2 aromatic carbocycles. The molecule has 0 spiro atoms. The van der Waals surface area contributed by atoms with Gasteiger partial charge in [-0.2, -0.15) is 0 Å². The van der Waals surface area contributed by atoms with E-state index in [0.29, 0.717) is 11.1 Å². The molecule has 2 amide bonds. The molecule has 16 nitrogen and oxygen atoms in total. The molecule has 17 heteroatoms. The van der Waals surface area contributed by atoms with Gasteiger partial charge in [-0.25, -0.2) is 0 Å². The van der Waals surface area contributed by atoms with E-state index in [-0.39, 0.29) is 60.2 Å². The van der Waals surface area contributed by atoms with Crippen LogP contribution >= 0.6 is 11.8 Å². The Morgan fingerprint density at radius 2 is 1.14 bits per heavy atom. The number of hydrogen-bond donors (Lipinski definition) is 2. The molecular weight excluding hydrogens is 664 g/mol. The van der Waals surface area contributed by atoms with Crippen LogP contribution in [0, 0.1) is 32.1 Å². The number of rotatable bonds is 10. The highest BCUT2D eigenvalue weighted by atomic mass is 32.2. The van der Waals surface area contributed by atoms with Crippen molar-refractivity contribution in [2.24, 2.45) is 11.8 Å². The van der Waals surface area contributed by atoms with Gasteiger partial charge in [0.1, 0.15) is 11.8 Å². The second-order valence-electron chi connectivity index (χ2n) is 11.3. The van der Waals surface area contributed by atoms with Crippen LogP contribution in [0.25, 0.3) is 12.2 Å². The van der Waals surface area contributed by atoms with Crippen LogP contribution in [-0.2, 0) is 28.7 Å². The van der Waals surface area contributed by atoms with Crippen molar-refractivity contribution in [2.45, 2.75) is 34.8 Å². The van der Waals surface area contributed by atoms with E-state index < -0.39 is 57.6 Å².